The second-order valence-electron chi connectivity index (χ2n) is 3.82. The van der Waals surface area contributed by atoms with Crippen molar-refractivity contribution in [2.45, 2.75) is 38.6 Å². The Morgan fingerprint density at radius 1 is 1.64 bits per heavy atom. The summed E-state index contributed by atoms with van der Waals surface area (Å²) in [7, 11) is 0. The fourth-order valence-electron chi connectivity index (χ4n) is 1.74. The van der Waals surface area contributed by atoms with Gasteiger partial charge in [0.05, 0.1) is 6.04 Å². The zero-order chi connectivity index (χ0) is 10.4. The molecule has 1 N–H and O–H groups in total. The Hall–Kier alpha value is -0.990. The van der Waals surface area contributed by atoms with E-state index < -0.39 is 0 Å². The van der Waals surface area contributed by atoms with E-state index in [1.807, 2.05) is 11.0 Å². The Balaban J connectivity index is 2.25. The van der Waals surface area contributed by atoms with Gasteiger partial charge >= 0.3 is 6.03 Å². The van der Waals surface area contributed by atoms with Gasteiger partial charge in [0, 0.05) is 13.1 Å². The van der Waals surface area contributed by atoms with Crippen LogP contribution >= 0.6 is 0 Å². The molecule has 80 valence electrons. The molecule has 0 aliphatic carbocycles. The lowest BCUT2D eigenvalue weighted by atomic mass is 10.2. The number of amides is 2. The lowest BCUT2D eigenvalue weighted by Gasteiger charge is -2.13. The first-order chi connectivity index (χ1) is 6.77. The maximum absolute atomic E-state index is 11.4. The lowest BCUT2D eigenvalue weighted by molar-refractivity contribution is 0.216. The molecule has 0 aromatic rings. The van der Waals surface area contributed by atoms with Gasteiger partial charge in [-0.15, -0.1) is 6.58 Å². The third-order valence-corrected chi connectivity index (χ3v) is 2.54. The summed E-state index contributed by atoms with van der Waals surface area (Å²) in [5.41, 5.74) is 0. The van der Waals surface area contributed by atoms with Crippen molar-refractivity contribution >= 4 is 6.03 Å². The lowest BCUT2D eigenvalue weighted by Crippen LogP contribution is -2.29. The van der Waals surface area contributed by atoms with Gasteiger partial charge in [0.2, 0.25) is 0 Å². The smallest absolute Gasteiger partial charge is 0.317 e. The number of hydrogen-bond donors (Lipinski definition) is 1. The molecule has 14 heavy (non-hydrogen) atoms. The first-order valence-electron chi connectivity index (χ1n) is 5.44. The van der Waals surface area contributed by atoms with Crippen LogP contribution in [-0.4, -0.2) is 30.1 Å². The normalized spacial score (nSPS) is 21.1. The Bertz CT molecular complexity index is 203. The number of carbonyl (C=O) groups excluding carboxylic acids is 1. The van der Waals surface area contributed by atoms with Crippen molar-refractivity contribution in [2.24, 2.45) is 0 Å². The molecule has 1 aliphatic rings. The Morgan fingerprint density at radius 2 is 2.43 bits per heavy atom. The molecule has 1 unspecified atom stereocenters. The molecule has 0 bridgehead atoms. The molecule has 1 atom stereocenters. The average Bonchev–Trinajstić information content (AvgIpc) is 2.48. The minimum atomic E-state index is 0.0907. The molecule has 0 radical (unpaired) electrons. The Kier molecular flexibility index (Phi) is 4.50. The third kappa shape index (κ3) is 3.05. The zero-order valence-electron chi connectivity index (χ0n) is 8.96. The molecule has 0 saturated carbocycles. The van der Waals surface area contributed by atoms with E-state index in [0.29, 0.717) is 0 Å². The van der Waals surface area contributed by atoms with E-state index in [9.17, 15) is 4.79 Å². The summed E-state index contributed by atoms with van der Waals surface area (Å²) in [4.78, 5) is 13.3. The molecule has 0 spiro atoms. The molecule has 1 heterocycles. The van der Waals surface area contributed by atoms with Gasteiger partial charge in [-0.2, -0.15) is 0 Å². The highest BCUT2D eigenvalue weighted by Gasteiger charge is 2.26. The van der Waals surface area contributed by atoms with Crippen molar-refractivity contribution < 1.29 is 4.79 Å². The van der Waals surface area contributed by atoms with E-state index in [0.717, 1.165) is 25.9 Å². The standard InChI is InChI=1S/C11H20N2O/c1-3-5-6-8-13-9-10(7-4-2)12-11(13)14/h4,10H,2-3,5-9H2,1H3,(H,12,14). The first kappa shape index (κ1) is 11.1. The highest BCUT2D eigenvalue weighted by Crippen LogP contribution is 2.09. The van der Waals surface area contributed by atoms with Crippen molar-refractivity contribution in [3.05, 3.63) is 12.7 Å². The highest BCUT2D eigenvalue weighted by molar-refractivity contribution is 5.76. The van der Waals surface area contributed by atoms with Crippen LogP contribution in [0.4, 0.5) is 4.79 Å². The van der Waals surface area contributed by atoms with Crippen LogP contribution < -0.4 is 5.32 Å². The van der Waals surface area contributed by atoms with Crippen LogP contribution in [0.25, 0.3) is 0 Å². The second kappa shape index (κ2) is 5.68. The van der Waals surface area contributed by atoms with Crippen molar-refractivity contribution in [2.75, 3.05) is 13.1 Å². The van der Waals surface area contributed by atoms with Crippen LogP contribution in [0.5, 0.6) is 0 Å². The summed E-state index contributed by atoms with van der Waals surface area (Å²) in [5, 5.41) is 2.95. The van der Waals surface area contributed by atoms with E-state index in [1.54, 1.807) is 0 Å². The van der Waals surface area contributed by atoms with E-state index in [4.69, 9.17) is 0 Å². The quantitative estimate of drug-likeness (QED) is 0.512. The van der Waals surface area contributed by atoms with Crippen LogP contribution in [0.2, 0.25) is 0 Å². The molecule has 3 heteroatoms. The summed E-state index contributed by atoms with van der Waals surface area (Å²) in [5.74, 6) is 0. The van der Waals surface area contributed by atoms with Crippen molar-refractivity contribution in [1.82, 2.24) is 10.2 Å². The Labute approximate surface area is 86.2 Å². The topological polar surface area (TPSA) is 32.3 Å². The third-order valence-electron chi connectivity index (χ3n) is 2.54. The van der Waals surface area contributed by atoms with Crippen LogP contribution in [-0.2, 0) is 0 Å². The largest absolute Gasteiger partial charge is 0.333 e. The number of unbranched alkanes of at least 4 members (excludes halogenated alkanes) is 2. The second-order valence-corrected chi connectivity index (χ2v) is 3.82. The van der Waals surface area contributed by atoms with Crippen LogP contribution in [0.15, 0.2) is 12.7 Å². The van der Waals surface area contributed by atoms with Crippen molar-refractivity contribution in [1.29, 1.82) is 0 Å². The molecule has 1 saturated heterocycles. The SMILES string of the molecule is C=CCC1CN(CCCCC)C(=O)N1. The summed E-state index contributed by atoms with van der Waals surface area (Å²) in [6.07, 6.45) is 6.25. The monoisotopic (exact) mass is 196 g/mol. The summed E-state index contributed by atoms with van der Waals surface area (Å²) in [6, 6.07) is 0.370. The molecule has 0 aromatic carbocycles. The molecule has 3 nitrogen and oxygen atoms in total. The van der Waals surface area contributed by atoms with Gasteiger partial charge in [-0.3, -0.25) is 0 Å². The number of rotatable bonds is 6. The summed E-state index contributed by atoms with van der Waals surface area (Å²) < 4.78 is 0. The maximum atomic E-state index is 11.4. The molecular formula is C11H20N2O. The van der Waals surface area contributed by atoms with Crippen LogP contribution in [0.1, 0.15) is 32.6 Å². The zero-order valence-corrected chi connectivity index (χ0v) is 8.96. The van der Waals surface area contributed by atoms with Crippen LogP contribution in [0.3, 0.4) is 0 Å². The molecule has 1 rings (SSSR count). The maximum Gasteiger partial charge on any atom is 0.317 e. The van der Waals surface area contributed by atoms with E-state index >= 15 is 0 Å². The number of carbonyl (C=O) groups is 1. The van der Waals surface area contributed by atoms with Gasteiger partial charge in [0.1, 0.15) is 0 Å². The fourth-order valence-corrected chi connectivity index (χ4v) is 1.74. The van der Waals surface area contributed by atoms with Gasteiger partial charge in [-0.25, -0.2) is 4.79 Å². The number of urea groups is 1. The minimum Gasteiger partial charge on any atom is -0.333 e. The first-order valence-corrected chi connectivity index (χ1v) is 5.44. The van der Waals surface area contributed by atoms with Crippen LogP contribution in [0, 0.1) is 0 Å². The Morgan fingerprint density at radius 3 is 3.07 bits per heavy atom. The van der Waals surface area contributed by atoms with Gasteiger partial charge in [-0.05, 0) is 12.8 Å². The van der Waals surface area contributed by atoms with Gasteiger partial charge in [0.25, 0.3) is 0 Å². The average molecular weight is 196 g/mol. The molecule has 2 amide bonds. The predicted molar refractivity (Wildman–Crippen MR) is 58.2 cm³/mol. The molecule has 1 aliphatic heterocycles. The highest BCUT2D eigenvalue weighted by atomic mass is 16.2. The van der Waals surface area contributed by atoms with Gasteiger partial charge in [-0.1, -0.05) is 25.8 Å². The van der Waals surface area contributed by atoms with Gasteiger partial charge in [0.15, 0.2) is 0 Å². The predicted octanol–water partition coefficient (Wildman–Crippen LogP) is 2.15. The number of nitrogens with one attached hydrogen (secondary N) is 1. The van der Waals surface area contributed by atoms with Crippen molar-refractivity contribution in [3.63, 3.8) is 0 Å². The fraction of sp³-hybridized carbons (Fsp3) is 0.727. The number of nitrogens with zero attached hydrogens (tertiary/aromatic N) is 1. The molecule has 0 aromatic heterocycles. The number of hydrogen-bond acceptors (Lipinski definition) is 1. The molecular weight excluding hydrogens is 176 g/mol. The molecule has 1 fully saturated rings. The summed E-state index contributed by atoms with van der Waals surface area (Å²) in [6.45, 7) is 7.59. The van der Waals surface area contributed by atoms with E-state index in [-0.39, 0.29) is 12.1 Å². The summed E-state index contributed by atoms with van der Waals surface area (Å²) >= 11 is 0. The minimum absolute atomic E-state index is 0.0907. The van der Waals surface area contributed by atoms with E-state index in [2.05, 4.69) is 18.8 Å². The van der Waals surface area contributed by atoms with E-state index in [1.165, 1.54) is 12.8 Å². The van der Waals surface area contributed by atoms with Gasteiger partial charge < -0.3 is 10.2 Å². The van der Waals surface area contributed by atoms with Crippen molar-refractivity contribution in [3.8, 4) is 0 Å².